The van der Waals surface area contributed by atoms with Gasteiger partial charge >= 0.3 is 5.97 Å². The molecular weight excluding hydrogens is 462 g/mol. The summed E-state index contributed by atoms with van der Waals surface area (Å²) >= 11 is 1.45. The molecule has 8 heteroatoms. The summed E-state index contributed by atoms with van der Waals surface area (Å²) in [5.74, 6) is -0.152. The maximum atomic E-state index is 13.7. The van der Waals surface area contributed by atoms with Crippen LogP contribution in [0.1, 0.15) is 49.2 Å². The van der Waals surface area contributed by atoms with Crippen molar-refractivity contribution in [3.63, 3.8) is 0 Å². The number of fused-ring (bicyclic) bond motifs is 3. The molecule has 0 aliphatic carbocycles. The standard InChI is InChI=1S/C27H31N3O4S/c1-5-34-27(33)18-10-12-19(13-11-18)30-22(31)16-35-26-23(20-8-6-7-9-21(20)29(26)4)24(30)25(32)28-15-14-17(2)3/h6-13,17,24H,5,14-16H2,1-4H3,(H,28,32)/t24-/m1/s1. The topological polar surface area (TPSA) is 80.6 Å². The molecule has 2 heterocycles. The zero-order valence-corrected chi connectivity index (χ0v) is 21.4. The fourth-order valence-corrected chi connectivity index (χ4v) is 5.47. The first-order chi connectivity index (χ1) is 16.8. The van der Waals surface area contributed by atoms with Crippen LogP contribution in [0.5, 0.6) is 0 Å². The molecule has 0 unspecified atom stereocenters. The van der Waals surface area contributed by atoms with Gasteiger partial charge in [-0.2, -0.15) is 0 Å². The van der Waals surface area contributed by atoms with E-state index in [0.717, 1.165) is 27.9 Å². The lowest BCUT2D eigenvalue weighted by atomic mass is 10.0. The molecule has 1 aromatic heterocycles. The third-order valence-corrected chi connectivity index (χ3v) is 7.31. The number of anilines is 1. The van der Waals surface area contributed by atoms with Gasteiger partial charge in [0.1, 0.15) is 6.04 Å². The highest BCUT2D eigenvalue weighted by molar-refractivity contribution is 8.00. The molecule has 0 radical (unpaired) electrons. The molecule has 7 nitrogen and oxygen atoms in total. The fraction of sp³-hybridized carbons (Fsp3) is 0.370. The second kappa shape index (κ2) is 10.6. The molecule has 1 N–H and O–H groups in total. The number of esters is 1. The molecule has 0 spiro atoms. The van der Waals surface area contributed by atoms with Gasteiger partial charge in [0.25, 0.3) is 0 Å². The first-order valence-corrected chi connectivity index (χ1v) is 12.9. The number of hydrogen-bond acceptors (Lipinski definition) is 5. The first kappa shape index (κ1) is 24.9. The average Bonchev–Trinajstić information content (AvgIpc) is 3.01. The fourth-order valence-electron chi connectivity index (χ4n) is 4.41. The highest BCUT2D eigenvalue weighted by atomic mass is 32.2. The quantitative estimate of drug-likeness (QED) is 0.483. The Morgan fingerprint density at radius 1 is 1.14 bits per heavy atom. The predicted molar refractivity (Wildman–Crippen MR) is 139 cm³/mol. The molecule has 2 amide bonds. The van der Waals surface area contributed by atoms with E-state index in [4.69, 9.17) is 4.74 Å². The SMILES string of the molecule is CCOC(=O)c1ccc(N2C(=O)CSc3c(c4ccccc4n3C)[C@@H]2C(=O)NCCC(C)C)cc1. The van der Waals surface area contributed by atoms with Crippen molar-refractivity contribution >= 4 is 46.1 Å². The van der Waals surface area contributed by atoms with Crippen LogP contribution in [-0.2, 0) is 21.4 Å². The molecule has 3 aromatic rings. The molecule has 35 heavy (non-hydrogen) atoms. The van der Waals surface area contributed by atoms with Gasteiger partial charge in [0.05, 0.1) is 22.9 Å². The van der Waals surface area contributed by atoms with E-state index in [1.165, 1.54) is 11.8 Å². The number of rotatable bonds is 7. The summed E-state index contributed by atoms with van der Waals surface area (Å²) in [6, 6.07) is 13.8. The van der Waals surface area contributed by atoms with Crippen molar-refractivity contribution in [1.82, 2.24) is 9.88 Å². The van der Waals surface area contributed by atoms with Crippen LogP contribution in [0.25, 0.3) is 10.9 Å². The zero-order valence-electron chi connectivity index (χ0n) is 20.5. The molecule has 2 aromatic carbocycles. The summed E-state index contributed by atoms with van der Waals surface area (Å²) < 4.78 is 7.14. The van der Waals surface area contributed by atoms with Crippen molar-refractivity contribution in [2.45, 2.75) is 38.3 Å². The Kier molecular flexibility index (Phi) is 7.50. The smallest absolute Gasteiger partial charge is 0.338 e. The maximum Gasteiger partial charge on any atom is 0.338 e. The predicted octanol–water partition coefficient (Wildman–Crippen LogP) is 4.70. The summed E-state index contributed by atoms with van der Waals surface area (Å²) in [5.41, 5.74) is 2.80. The Bertz CT molecular complexity index is 1250. The number of benzene rings is 2. The summed E-state index contributed by atoms with van der Waals surface area (Å²) in [6.07, 6.45) is 0.845. The van der Waals surface area contributed by atoms with E-state index < -0.39 is 12.0 Å². The van der Waals surface area contributed by atoms with Crippen LogP contribution in [0.4, 0.5) is 5.69 Å². The number of carbonyl (C=O) groups excluding carboxylic acids is 3. The number of amides is 2. The van der Waals surface area contributed by atoms with E-state index in [1.807, 2.05) is 31.3 Å². The van der Waals surface area contributed by atoms with Crippen molar-refractivity contribution in [3.8, 4) is 0 Å². The largest absolute Gasteiger partial charge is 0.462 e. The summed E-state index contributed by atoms with van der Waals surface area (Å²) in [6.45, 7) is 6.79. The van der Waals surface area contributed by atoms with Crippen molar-refractivity contribution in [1.29, 1.82) is 0 Å². The third kappa shape index (κ3) is 4.93. The first-order valence-electron chi connectivity index (χ1n) is 11.9. The van der Waals surface area contributed by atoms with E-state index in [-0.39, 0.29) is 24.2 Å². The van der Waals surface area contributed by atoms with Crippen molar-refractivity contribution in [3.05, 3.63) is 59.7 Å². The molecular formula is C27H31N3O4S. The van der Waals surface area contributed by atoms with Crippen LogP contribution < -0.4 is 10.2 Å². The number of carbonyl (C=O) groups is 3. The van der Waals surface area contributed by atoms with Crippen molar-refractivity contribution in [2.75, 3.05) is 23.8 Å². The lowest BCUT2D eigenvalue weighted by Gasteiger charge is -2.30. The monoisotopic (exact) mass is 493 g/mol. The van der Waals surface area contributed by atoms with E-state index in [2.05, 4.69) is 23.7 Å². The Morgan fingerprint density at radius 3 is 2.54 bits per heavy atom. The minimum atomic E-state index is -0.834. The minimum Gasteiger partial charge on any atom is -0.462 e. The molecule has 0 saturated heterocycles. The molecule has 1 atom stereocenters. The van der Waals surface area contributed by atoms with Crippen LogP contribution >= 0.6 is 11.8 Å². The Hall–Kier alpha value is -3.26. The van der Waals surface area contributed by atoms with Gasteiger partial charge in [-0.05, 0) is 49.6 Å². The molecule has 0 bridgehead atoms. The second-order valence-electron chi connectivity index (χ2n) is 8.99. The van der Waals surface area contributed by atoms with Gasteiger partial charge in [-0.3, -0.25) is 14.5 Å². The van der Waals surface area contributed by atoms with Gasteiger partial charge in [0, 0.05) is 35.7 Å². The number of nitrogens with zero attached hydrogens (tertiary/aromatic N) is 2. The Labute approximate surface area is 209 Å². The number of para-hydroxylation sites is 1. The minimum absolute atomic E-state index is 0.164. The molecule has 0 fully saturated rings. The van der Waals surface area contributed by atoms with Gasteiger partial charge < -0.3 is 14.6 Å². The van der Waals surface area contributed by atoms with E-state index in [0.29, 0.717) is 23.7 Å². The number of ether oxygens (including phenoxy) is 1. The Morgan fingerprint density at radius 2 is 1.86 bits per heavy atom. The average molecular weight is 494 g/mol. The molecule has 184 valence electrons. The number of nitrogens with one attached hydrogen (secondary N) is 1. The number of thioether (sulfide) groups is 1. The van der Waals surface area contributed by atoms with E-state index in [9.17, 15) is 14.4 Å². The number of aryl methyl sites for hydroxylation is 1. The van der Waals surface area contributed by atoms with Gasteiger partial charge in [0.15, 0.2) is 0 Å². The zero-order chi connectivity index (χ0) is 25.1. The van der Waals surface area contributed by atoms with E-state index >= 15 is 0 Å². The van der Waals surface area contributed by atoms with Crippen LogP contribution in [0.3, 0.4) is 0 Å². The van der Waals surface area contributed by atoms with Gasteiger partial charge in [-0.25, -0.2) is 4.79 Å². The second-order valence-corrected chi connectivity index (χ2v) is 9.95. The molecule has 0 saturated carbocycles. The van der Waals surface area contributed by atoms with Crippen molar-refractivity contribution < 1.29 is 19.1 Å². The van der Waals surface area contributed by atoms with Crippen LogP contribution in [0, 0.1) is 5.92 Å². The molecule has 4 rings (SSSR count). The molecule has 1 aliphatic rings. The third-order valence-electron chi connectivity index (χ3n) is 6.15. The van der Waals surface area contributed by atoms with Crippen LogP contribution in [0.2, 0.25) is 0 Å². The number of hydrogen-bond donors (Lipinski definition) is 1. The van der Waals surface area contributed by atoms with Gasteiger partial charge in [-0.15, -0.1) is 0 Å². The summed E-state index contributed by atoms with van der Waals surface area (Å²) in [4.78, 5) is 40.9. The normalized spacial score (nSPS) is 15.7. The van der Waals surface area contributed by atoms with Crippen molar-refractivity contribution in [2.24, 2.45) is 13.0 Å². The lowest BCUT2D eigenvalue weighted by Crippen LogP contribution is -2.44. The highest BCUT2D eigenvalue weighted by Crippen LogP contribution is 2.43. The van der Waals surface area contributed by atoms with E-state index in [1.54, 1.807) is 36.1 Å². The number of aromatic nitrogens is 1. The Balaban J connectivity index is 1.82. The summed E-state index contributed by atoms with van der Waals surface area (Å²) in [5, 5.41) is 4.93. The maximum absolute atomic E-state index is 13.7. The van der Waals surface area contributed by atoms with Gasteiger partial charge in [-0.1, -0.05) is 43.8 Å². The summed E-state index contributed by atoms with van der Waals surface area (Å²) in [7, 11) is 1.97. The lowest BCUT2D eigenvalue weighted by molar-refractivity contribution is -0.125. The molecule has 1 aliphatic heterocycles. The van der Waals surface area contributed by atoms with Gasteiger partial charge in [0.2, 0.25) is 11.8 Å². The van der Waals surface area contributed by atoms with Crippen LogP contribution in [0.15, 0.2) is 53.6 Å². The highest BCUT2D eigenvalue weighted by Gasteiger charge is 2.39. The van der Waals surface area contributed by atoms with Crippen LogP contribution in [-0.4, -0.2) is 41.3 Å².